The highest BCUT2D eigenvalue weighted by Crippen LogP contribution is 2.23. The number of guanidine groups is 1. The van der Waals surface area contributed by atoms with E-state index >= 15 is 0 Å². The van der Waals surface area contributed by atoms with Crippen molar-refractivity contribution in [2.45, 2.75) is 75.6 Å². The van der Waals surface area contributed by atoms with Crippen molar-refractivity contribution in [3.8, 4) is 0 Å². The molecule has 0 spiro atoms. The number of rotatable bonds is 8. The average Bonchev–Trinajstić information content (AvgIpc) is 3.41. The largest absolute Gasteiger partial charge is 0.356 e. The third-order valence-electron chi connectivity index (χ3n) is 4.66. The van der Waals surface area contributed by atoms with Crippen LogP contribution in [0.25, 0.3) is 0 Å². The molecule has 2 fully saturated rings. The predicted octanol–water partition coefficient (Wildman–Crippen LogP) is 1.29. The van der Waals surface area contributed by atoms with Gasteiger partial charge in [0.1, 0.15) is 0 Å². The van der Waals surface area contributed by atoms with E-state index in [4.69, 9.17) is 0 Å². The maximum absolute atomic E-state index is 12.0. The zero-order valence-corrected chi connectivity index (χ0v) is 15.8. The Hall–Kier alpha value is -1.11. The van der Waals surface area contributed by atoms with E-state index in [0.717, 1.165) is 63.2 Å². The molecule has 138 valence electrons. The van der Waals surface area contributed by atoms with Crippen LogP contribution in [0, 0.1) is 0 Å². The normalized spacial score (nSPS) is 25.8. The molecule has 0 saturated heterocycles. The lowest BCUT2D eigenvalue weighted by molar-refractivity contribution is -0.121. The lowest BCUT2D eigenvalue weighted by Crippen LogP contribution is -2.46. The van der Waals surface area contributed by atoms with Crippen LogP contribution in [-0.4, -0.2) is 52.8 Å². The van der Waals surface area contributed by atoms with Crippen molar-refractivity contribution in [2.75, 3.05) is 19.3 Å². The van der Waals surface area contributed by atoms with E-state index in [1.165, 1.54) is 0 Å². The highest BCUT2D eigenvalue weighted by Gasteiger charge is 2.26. The van der Waals surface area contributed by atoms with Gasteiger partial charge in [0.25, 0.3) is 0 Å². The molecule has 0 heterocycles. The Morgan fingerprint density at radius 3 is 2.62 bits per heavy atom. The number of carbonyl (C=O) groups is 1. The fraction of sp³-hybridized carbons (Fsp3) is 0.882. The Morgan fingerprint density at radius 2 is 1.96 bits per heavy atom. The van der Waals surface area contributed by atoms with Gasteiger partial charge in [0, 0.05) is 53.9 Å². The van der Waals surface area contributed by atoms with Crippen LogP contribution in [0.1, 0.15) is 58.3 Å². The zero-order valence-electron chi connectivity index (χ0n) is 15.0. The van der Waals surface area contributed by atoms with Gasteiger partial charge in [0.05, 0.1) is 0 Å². The van der Waals surface area contributed by atoms with E-state index in [-0.39, 0.29) is 5.91 Å². The number of aliphatic imine (C=N–C) groups is 1. The van der Waals surface area contributed by atoms with Gasteiger partial charge in [-0.25, -0.2) is 0 Å². The lowest BCUT2D eigenvalue weighted by atomic mass is 9.95. The molecule has 0 bridgehead atoms. The van der Waals surface area contributed by atoms with Gasteiger partial charge in [-0.2, -0.15) is 0 Å². The van der Waals surface area contributed by atoms with Crippen molar-refractivity contribution in [1.29, 1.82) is 0 Å². The second-order valence-corrected chi connectivity index (χ2v) is 8.75. The van der Waals surface area contributed by atoms with E-state index in [9.17, 15) is 9.00 Å². The number of amides is 1. The van der Waals surface area contributed by atoms with Crippen molar-refractivity contribution in [1.82, 2.24) is 16.0 Å². The molecule has 3 N–H and O–H groups in total. The molecule has 0 aromatic heterocycles. The summed E-state index contributed by atoms with van der Waals surface area (Å²) in [7, 11) is 1.06. The summed E-state index contributed by atoms with van der Waals surface area (Å²) >= 11 is 0. The number of nitrogens with one attached hydrogen (secondary N) is 3. The number of hydrogen-bond acceptors (Lipinski definition) is 3. The van der Waals surface area contributed by atoms with E-state index < -0.39 is 10.8 Å². The summed E-state index contributed by atoms with van der Waals surface area (Å²) in [5, 5.41) is 10.0. The smallest absolute Gasteiger partial charge is 0.220 e. The topological polar surface area (TPSA) is 82.6 Å². The minimum atomic E-state index is -0.708. The van der Waals surface area contributed by atoms with Gasteiger partial charge in [0.2, 0.25) is 5.91 Å². The average molecular weight is 357 g/mol. The summed E-state index contributed by atoms with van der Waals surface area (Å²) in [4.78, 5) is 15.9. The second kappa shape index (κ2) is 10.0. The van der Waals surface area contributed by atoms with Crippen LogP contribution in [0.4, 0.5) is 0 Å². The molecule has 24 heavy (non-hydrogen) atoms. The molecule has 7 heteroatoms. The maximum atomic E-state index is 12.0. The molecule has 3 unspecified atom stereocenters. The molecular weight excluding hydrogens is 324 g/mol. The summed E-state index contributed by atoms with van der Waals surface area (Å²) in [6.07, 6.45) is 7.85. The third-order valence-corrected chi connectivity index (χ3v) is 6.40. The molecule has 2 aliphatic rings. The van der Waals surface area contributed by atoms with E-state index in [1.807, 2.05) is 6.92 Å². The number of nitrogens with zero attached hydrogens (tertiary/aromatic N) is 1. The van der Waals surface area contributed by atoms with Crippen LogP contribution in [0.5, 0.6) is 0 Å². The van der Waals surface area contributed by atoms with Crippen molar-refractivity contribution in [2.24, 2.45) is 4.99 Å². The van der Waals surface area contributed by atoms with Gasteiger partial charge in [-0.05, 0) is 38.5 Å². The SMILES string of the molecule is CCS(=O)C1CCCC(NC(=NC)NCCCC(=O)NC2CC2)C1. The molecule has 6 nitrogen and oxygen atoms in total. The summed E-state index contributed by atoms with van der Waals surface area (Å²) in [5.41, 5.74) is 0. The highest BCUT2D eigenvalue weighted by molar-refractivity contribution is 7.85. The minimum Gasteiger partial charge on any atom is -0.356 e. The summed E-state index contributed by atoms with van der Waals surface area (Å²) in [5.74, 6) is 1.68. The van der Waals surface area contributed by atoms with Gasteiger partial charge in [-0.1, -0.05) is 13.3 Å². The highest BCUT2D eigenvalue weighted by atomic mass is 32.2. The molecule has 3 atom stereocenters. The zero-order chi connectivity index (χ0) is 17.4. The molecule has 2 saturated carbocycles. The van der Waals surface area contributed by atoms with Gasteiger partial charge in [-0.3, -0.25) is 14.0 Å². The molecule has 2 rings (SSSR count). The number of hydrogen-bond donors (Lipinski definition) is 3. The lowest BCUT2D eigenvalue weighted by Gasteiger charge is -2.30. The molecule has 2 aliphatic carbocycles. The molecule has 0 radical (unpaired) electrons. The van der Waals surface area contributed by atoms with Gasteiger partial charge < -0.3 is 16.0 Å². The van der Waals surface area contributed by atoms with Gasteiger partial charge in [-0.15, -0.1) is 0 Å². The van der Waals surface area contributed by atoms with Crippen LogP contribution in [0.2, 0.25) is 0 Å². The standard InChI is InChI=1S/C17H32N4O2S/c1-3-24(23)15-7-4-6-14(12-15)21-17(18-2)19-11-5-8-16(22)20-13-9-10-13/h13-15H,3-12H2,1-2H3,(H,20,22)(H2,18,19,21). The van der Waals surface area contributed by atoms with Gasteiger partial charge in [0.15, 0.2) is 5.96 Å². The number of carbonyl (C=O) groups excluding carboxylic acids is 1. The van der Waals surface area contributed by atoms with Crippen LogP contribution in [-0.2, 0) is 15.6 Å². The third kappa shape index (κ3) is 6.79. The molecular formula is C17H32N4O2S. The van der Waals surface area contributed by atoms with Crippen LogP contribution >= 0.6 is 0 Å². The van der Waals surface area contributed by atoms with E-state index in [1.54, 1.807) is 7.05 Å². The minimum absolute atomic E-state index is 0.152. The van der Waals surface area contributed by atoms with Crippen molar-refractivity contribution < 1.29 is 9.00 Å². The van der Waals surface area contributed by atoms with E-state index in [2.05, 4.69) is 20.9 Å². The Labute approximate surface area is 148 Å². The first-order valence-electron chi connectivity index (χ1n) is 9.26. The van der Waals surface area contributed by atoms with Crippen molar-refractivity contribution >= 4 is 22.7 Å². The molecule has 1 amide bonds. The van der Waals surface area contributed by atoms with Crippen molar-refractivity contribution in [3.63, 3.8) is 0 Å². The fourth-order valence-electron chi connectivity index (χ4n) is 3.12. The van der Waals surface area contributed by atoms with Crippen LogP contribution < -0.4 is 16.0 Å². The predicted molar refractivity (Wildman–Crippen MR) is 99.6 cm³/mol. The van der Waals surface area contributed by atoms with Gasteiger partial charge >= 0.3 is 0 Å². The maximum Gasteiger partial charge on any atom is 0.220 e. The molecule has 0 aromatic carbocycles. The fourth-order valence-corrected chi connectivity index (χ4v) is 4.47. The molecule has 0 aromatic rings. The monoisotopic (exact) mass is 356 g/mol. The Morgan fingerprint density at radius 1 is 1.17 bits per heavy atom. The second-order valence-electron chi connectivity index (χ2n) is 6.74. The van der Waals surface area contributed by atoms with Crippen LogP contribution in [0.15, 0.2) is 4.99 Å². The van der Waals surface area contributed by atoms with Crippen LogP contribution in [0.3, 0.4) is 0 Å². The van der Waals surface area contributed by atoms with Crippen molar-refractivity contribution in [3.05, 3.63) is 0 Å². The summed E-state index contributed by atoms with van der Waals surface area (Å²) < 4.78 is 12.0. The first kappa shape index (κ1) is 19.2. The quantitative estimate of drug-likeness (QED) is 0.348. The molecule has 0 aliphatic heterocycles. The Bertz CT molecular complexity index is 466. The van der Waals surface area contributed by atoms with E-state index in [0.29, 0.717) is 23.8 Å². The summed E-state index contributed by atoms with van der Waals surface area (Å²) in [6.45, 7) is 2.72. The summed E-state index contributed by atoms with van der Waals surface area (Å²) in [6, 6.07) is 0.774. The first-order chi connectivity index (χ1) is 11.6. The Balaban J connectivity index is 1.64. The Kier molecular flexibility index (Phi) is 8.02. The first-order valence-corrected chi connectivity index (χ1v) is 10.6.